The fourth-order valence-corrected chi connectivity index (χ4v) is 4.65. The molecular formula is C21H34N4O2. The number of methoxy groups -OCH3 is 1. The number of carbonyl (C=O) groups excluding carboxylic acids is 1. The molecule has 0 bridgehead atoms. The molecule has 2 aliphatic rings. The highest BCUT2D eigenvalue weighted by Crippen LogP contribution is 2.36. The van der Waals surface area contributed by atoms with Gasteiger partial charge in [0, 0.05) is 39.0 Å². The Morgan fingerprint density at radius 1 is 1.37 bits per heavy atom. The van der Waals surface area contributed by atoms with Gasteiger partial charge >= 0.3 is 0 Å². The molecule has 6 heteroatoms. The van der Waals surface area contributed by atoms with E-state index in [1.165, 1.54) is 6.42 Å². The van der Waals surface area contributed by atoms with Crippen molar-refractivity contribution >= 4 is 5.91 Å². The number of likely N-dealkylation sites (N-methyl/N-ethyl adjacent to an activating group) is 1. The van der Waals surface area contributed by atoms with E-state index < -0.39 is 0 Å². The lowest BCUT2D eigenvalue weighted by molar-refractivity contribution is 0.0351. The highest BCUT2D eigenvalue weighted by molar-refractivity contribution is 5.92. The van der Waals surface area contributed by atoms with Crippen molar-refractivity contribution in [3.8, 4) is 0 Å². The Hall–Kier alpha value is -1.50. The quantitative estimate of drug-likeness (QED) is 0.772. The molecule has 2 aliphatic heterocycles. The van der Waals surface area contributed by atoms with Crippen LogP contribution in [0.1, 0.15) is 47.4 Å². The maximum atomic E-state index is 12.9. The highest BCUT2D eigenvalue weighted by Gasteiger charge is 2.49. The van der Waals surface area contributed by atoms with Gasteiger partial charge in [0.15, 0.2) is 0 Å². The molecule has 1 N–H and O–H groups in total. The second-order valence-corrected chi connectivity index (χ2v) is 8.16. The molecule has 0 saturated carbocycles. The summed E-state index contributed by atoms with van der Waals surface area (Å²) < 4.78 is 5.21. The summed E-state index contributed by atoms with van der Waals surface area (Å²) in [6.45, 7) is 9.01. The predicted octanol–water partition coefficient (Wildman–Crippen LogP) is 2.00. The van der Waals surface area contributed by atoms with Crippen LogP contribution in [0.4, 0.5) is 0 Å². The minimum atomic E-state index is -0.0470. The van der Waals surface area contributed by atoms with E-state index in [1.54, 1.807) is 7.11 Å². The van der Waals surface area contributed by atoms with Gasteiger partial charge in [0.2, 0.25) is 0 Å². The Kier molecular flexibility index (Phi) is 6.50. The number of pyridine rings is 1. The van der Waals surface area contributed by atoms with Crippen molar-refractivity contribution in [2.75, 3.05) is 46.9 Å². The Morgan fingerprint density at radius 2 is 2.19 bits per heavy atom. The first kappa shape index (κ1) is 20.2. The number of aromatic nitrogens is 1. The van der Waals surface area contributed by atoms with E-state index >= 15 is 0 Å². The summed E-state index contributed by atoms with van der Waals surface area (Å²) in [7, 11) is 3.97. The second kappa shape index (κ2) is 8.67. The number of rotatable bonds is 6. The largest absolute Gasteiger partial charge is 0.385 e. The van der Waals surface area contributed by atoms with Gasteiger partial charge in [-0.25, -0.2) is 4.98 Å². The van der Waals surface area contributed by atoms with E-state index in [0.29, 0.717) is 5.69 Å². The number of piperidine rings is 1. The molecule has 0 aliphatic carbocycles. The zero-order chi connectivity index (χ0) is 19.4. The molecule has 0 radical (unpaired) electrons. The molecule has 1 spiro atoms. The van der Waals surface area contributed by atoms with Crippen molar-refractivity contribution in [1.29, 1.82) is 0 Å². The van der Waals surface area contributed by atoms with Crippen LogP contribution in [-0.2, 0) is 4.74 Å². The van der Waals surface area contributed by atoms with E-state index in [4.69, 9.17) is 4.74 Å². The van der Waals surface area contributed by atoms with Gasteiger partial charge in [-0.15, -0.1) is 0 Å². The van der Waals surface area contributed by atoms with Gasteiger partial charge < -0.3 is 15.0 Å². The standard InChI is InChI=1S/C21H34N4O2/c1-16-7-8-18(22-17(16)2)20(26)23-19-9-13-24(3)21(19)10-5-11-25(15-21)12-6-14-27-4/h7-8,19H,5-6,9-15H2,1-4H3,(H,23,26). The van der Waals surface area contributed by atoms with Crippen LogP contribution in [0.5, 0.6) is 0 Å². The normalized spacial score (nSPS) is 26.6. The van der Waals surface area contributed by atoms with Crippen molar-refractivity contribution < 1.29 is 9.53 Å². The molecule has 2 saturated heterocycles. The number of aryl methyl sites for hydroxylation is 2. The fourth-order valence-electron chi connectivity index (χ4n) is 4.65. The number of hydrogen-bond acceptors (Lipinski definition) is 5. The number of nitrogens with one attached hydrogen (secondary N) is 1. The first-order valence-electron chi connectivity index (χ1n) is 10.1. The van der Waals surface area contributed by atoms with Gasteiger partial charge in [-0.2, -0.15) is 0 Å². The van der Waals surface area contributed by atoms with Gasteiger partial charge in [-0.1, -0.05) is 6.07 Å². The number of ether oxygens (including phenoxy) is 1. The average Bonchev–Trinajstić information content (AvgIpc) is 2.93. The van der Waals surface area contributed by atoms with Gasteiger partial charge in [-0.05, 0) is 64.8 Å². The summed E-state index contributed by atoms with van der Waals surface area (Å²) in [5.41, 5.74) is 2.59. The molecule has 1 aromatic rings. The predicted molar refractivity (Wildman–Crippen MR) is 107 cm³/mol. The molecular weight excluding hydrogens is 340 g/mol. The van der Waals surface area contributed by atoms with Crippen LogP contribution >= 0.6 is 0 Å². The van der Waals surface area contributed by atoms with Crippen molar-refractivity contribution in [2.24, 2.45) is 0 Å². The van der Waals surface area contributed by atoms with Gasteiger partial charge in [0.1, 0.15) is 5.69 Å². The number of likely N-dealkylation sites (tertiary alicyclic amines) is 2. The zero-order valence-electron chi connectivity index (χ0n) is 17.3. The molecule has 2 fully saturated rings. The Balaban J connectivity index is 1.70. The summed E-state index contributed by atoms with van der Waals surface area (Å²) >= 11 is 0. The molecule has 6 nitrogen and oxygen atoms in total. The van der Waals surface area contributed by atoms with Crippen LogP contribution < -0.4 is 5.32 Å². The van der Waals surface area contributed by atoms with Crippen LogP contribution in [0.25, 0.3) is 0 Å². The Morgan fingerprint density at radius 3 is 2.93 bits per heavy atom. The fraction of sp³-hybridized carbons (Fsp3) is 0.714. The molecule has 27 heavy (non-hydrogen) atoms. The first-order chi connectivity index (χ1) is 13.0. The molecule has 150 valence electrons. The molecule has 1 aromatic heterocycles. The molecule has 0 aromatic carbocycles. The van der Waals surface area contributed by atoms with Crippen LogP contribution in [0.3, 0.4) is 0 Å². The summed E-state index contributed by atoms with van der Waals surface area (Å²) in [6.07, 6.45) is 4.36. The number of hydrogen-bond donors (Lipinski definition) is 1. The van der Waals surface area contributed by atoms with E-state index in [1.807, 2.05) is 26.0 Å². The minimum absolute atomic E-state index is 0.0285. The van der Waals surface area contributed by atoms with Gasteiger partial charge in [0.05, 0.1) is 11.6 Å². The summed E-state index contributed by atoms with van der Waals surface area (Å²) in [6, 6.07) is 3.98. The highest BCUT2D eigenvalue weighted by atomic mass is 16.5. The third kappa shape index (κ3) is 4.33. The van der Waals surface area contributed by atoms with E-state index in [2.05, 4.69) is 27.1 Å². The SMILES string of the molecule is COCCCN1CCCC2(C1)C(NC(=O)c1ccc(C)c(C)n1)CCN2C. The maximum absolute atomic E-state index is 12.9. The summed E-state index contributed by atoms with van der Waals surface area (Å²) in [4.78, 5) is 22.4. The van der Waals surface area contributed by atoms with E-state index in [0.717, 1.165) is 63.3 Å². The molecule has 3 heterocycles. The second-order valence-electron chi connectivity index (χ2n) is 8.16. The third-order valence-corrected chi connectivity index (χ3v) is 6.45. The molecule has 3 rings (SSSR count). The smallest absolute Gasteiger partial charge is 0.270 e. The van der Waals surface area contributed by atoms with Crippen molar-refractivity contribution in [2.45, 2.75) is 51.1 Å². The van der Waals surface area contributed by atoms with E-state index in [9.17, 15) is 4.79 Å². The number of nitrogens with zero attached hydrogens (tertiary/aromatic N) is 3. The zero-order valence-corrected chi connectivity index (χ0v) is 17.3. The van der Waals surface area contributed by atoms with Crippen LogP contribution in [0.2, 0.25) is 0 Å². The Bertz CT molecular complexity index is 666. The third-order valence-electron chi connectivity index (χ3n) is 6.45. The first-order valence-corrected chi connectivity index (χ1v) is 10.1. The monoisotopic (exact) mass is 374 g/mol. The topological polar surface area (TPSA) is 57.7 Å². The van der Waals surface area contributed by atoms with E-state index in [-0.39, 0.29) is 17.5 Å². The lowest BCUT2D eigenvalue weighted by Crippen LogP contribution is -2.63. The lowest BCUT2D eigenvalue weighted by Gasteiger charge is -2.48. The summed E-state index contributed by atoms with van der Waals surface area (Å²) in [5.74, 6) is -0.0470. The maximum Gasteiger partial charge on any atom is 0.270 e. The number of amides is 1. The Labute approximate surface area is 163 Å². The van der Waals surface area contributed by atoms with Crippen LogP contribution in [0, 0.1) is 13.8 Å². The van der Waals surface area contributed by atoms with Crippen LogP contribution in [-0.4, -0.2) is 79.2 Å². The van der Waals surface area contributed by atoms with Crippen LogP contribution in [0.15, 0.2) is 12.1 Å². The minimum Gasteiger partial charge on any atom is -0.385 e. The molecule has 1 amide bonds. The van der Waals surface area contributed by atoms with Gasteiger partial charge in [-0.3, -0.25) is 9.69 Å². The molecule has 2 atom stereocenters. The average molecular weight is 375 g/mol. The summed E-state index contributed by atoms with van der Waals surface area (Å²) in [5, 5.41) is 3.33. The van der Waals surface area contributed by atoms with Gasteiger partial charge in [0.25, 0.3) is 5.91 Å². The lowest BCUT2D eigenvalue weighted by atomic mass is 9.82. The van der Waals surface area contributed by atoms with Crippen molar-refractivity contribution in [3.63, 3.8) is 0 Å². The number of carbonyl (C=O) groups is 1. The van der Waals surface area contributed by atoms with Crippen molar-refractivity contribution in [3.05, 3.63) is 29.1 Å². The van der Waals surface area contributed by atoms with Crippen molar-refractivity contribution in [1.82, 2.24) is 20.1 Å². The molecule has 2 unspecified atom stereocenters.